The average molecular weight is 1650 g/mol. The highest BCUT2D eigenvalue weighted by atomic mass is 79.9. The van der Waals surface area contributed by atoms with Crippen LogP contribution in [0.15, 0.2) is 80.6 Å². The molecule has 0 radical (unpaired) electrons. The van der Waals surface area contributed by atoms with Gasteiger partial charge in [-0.15, -0.1) is 12.4 Å². The second kappa shape index (κ2) is 37.3. The quantitative estimate of drug-likeness (QED) is 0.0795. The number of benzene rings is 1. The molecule has 6 unspecified atom stereocenters. The van der Waals surface area contributed by atoms with Crippen LogP contribution in [-0.4, -0.2) is 166 Å². The van der Waals surface area contributed by atoms with Crippen molar-refractivity contribution in [1.82, 2.24) is 60.4 Å². The first-order chi connectivity index (χ1) is 42.6. The fourth-order valence-corrected chi connectivity index (χ4v) is 13.7. The van der Waals surface area contributed by atoms with Gasteiger partial charge in [-0.1, -0.05) is 94.4 Å². The highest BCUT2D eigenvalue weighted by molar-refractivity contribution is 9.10. The van der Waals surface area contributed by atoms with E-state index in [1.165, 1.54) is 57.5 Å². The molecule has 522 valence electrons. The van der Waals surface area contributed by atoms with Gasteiger partial charge in [0.15, 0.2) is 32.5 Å². The molecule has 41 heteroatoms. The molecule has 0 spiro atoms. The number of nitrogens with one attached hydrogen (secondary N) is 1. The number of primary sulfonamides is 2. The molecule has 7 aliphatic rings. The number of carbonyl (C=O) groups excluding carboxylic acids is 1. The molecule has 13 rings (SSSR count). The van der Waals surface area contributed by atoms with E-state index in [-0.39, 0.29) is 114 Å². The molecular weight excluding hydrogens is 1570 g/mol. The number of fused-ring (bicyclic) bond motifs is 5. The Morgan fingerprint density at radius 1 is 0.677 bits per heavy atom. The number of rotatable bonds is 9. The number of nitrogens with zero attached hydrogens (tertiary/aromatic N) is 10. The normalized spacial score (nSPS) is 20.3. The van der Waals surface area contributed by atoms with Crippen molar-refractivity contribution in [3.8, 4) is 35.1 Å². The third kappa shape index (κ3) is 23.6. The Morgan fingerprint density at radius 3 is 1.61 bits per heavy atom. The van der Waals surface area contributed by atoms with Crippen molar-refractivity contribution in [3.63, 3.8) is 0 Å². The van der Waals surface area contributed by atoms with Crippen LogP contribution in [0.4, 0.5) is 0 Å². The second-order valence-corrected chi connectivity index (χ2v) is 29.3. The summed E-state index contributed by atoms with van der Waals surface area (Å²) in [6, 6.07) is 4.57. The highest BCUT2D eigenvalue weighted by Crippen LogP contribution is 2.39. The molecule has 0 aliphatic carbocycles. The van der Waals surface area contributed by atoms with Crippen LogP contribution in [0, 0.1) is 23.7 Å². The van der Waals surface area contributed by atoms with Crippen LogP contribution in [0.3, 0.4) is 0 Å². The lowest BCUT2D eigenvalue weighted by Gasteiger charge is -2.25. The fraction of sp³-hybridized carbons (Fsp3) is 0.538. The van der Waals surface area contributed by atoms with Crippen LogP contribution in [-0.2, 0) is 77.2 Å². The number of hydrogen-bond acceptors (Lipinski definition) is 23. The monoisotopic (exact) mass is 1640 g/mol. The van der Waals surface area contributed by atoms with Crippen molar-refractivity contribution in [1.29, 1.82) is 0 Å². The Labute approximate surface area is 584 Å². The summed E-state index contributed by atoms with van der Waals surface area (Å²) in [5.41, 5.74) is 0. The predicted molar refractivity (Wildman–Crippen MR) is 355 cm³/mol. The van der Waals surface area contributed by atoms with Crippen molar-refractivity contribution in [2.24, 2.45) is 33.9 Å². The first-order valence-electron chi connectivity index (χ1n) is 27.8. The number of aromatic nitrogens is 10. The lowest BCUT2D eigenvalue weighted by atomic mass is 10.2. The Bertz CT molecular complexity index is 3630. The minimum atomic E-state index is -4.21. The van der Waals surface area contributed by atoms with E-state index in [0.29, 0.717) is 50.6 Å². The molecule has 12 heterocycles. The van der Waals surface area contributed by atoms with Gasteiger partial charge in [0.2, 0.25) is 49.4 Å². The van der Waals surface area contributed by atoms with E-state index in [9.17, 15) is 35.2 Å². The van der Waals surface area contributed by atoms with Crippen molar-refractivity contribution < 1.29 is 78.0 Å². The number of sulfonamides is 2. The summed E-state index contributed by atoms with van der Waals surface area (Å²) >= 11 is 27.9. The van der Waals surface area contributed by atoms with E-state index in [4.69, 9.17) is 82.4 Å². The van der Waals surface area contributed by atoms with Gasteiger partial charge < -0.3 is 59.4 Å². The summed E-state index contributed by atoms with van der Waals surface area (Å²) in [4.78, 5) is 9.73. The van der Waals surface area contributed by atoms with Crippen LogP contribution >= 0.6 is 95.0 Å². The summed E-state index contributed by atoms with van der Waals surface area (Å²) in [5, 5.41) is 43.8. The van der Waals surface area contributed by atoms with Crippen LogP contribution in [0.2, 0.25) is 15.1 Å². The maximum atomic E-state index is 12.5. The lowest BCUT2D eigenvalue weighted by molar-refractivity contribution is -0.178. The number of ether oxygens (including phenoxy) is 7. The number of nitrogens with two attached hydrogens (primary N) is 2. The molecular formula is C52H75Br3Cl4N14O17S3. The molecule has 1 fully saturated rings. The third-order valence-electron chi connectivity index (χ3n) is 13.0. The zero-order chi connectivity index (χ0) is 65.5. The topological polar surface area (TPSA) is 433 Å². The van der Waals surface area contributed by atoms with Gasteiger partial charge >= 0.3 is 10.1 Å². The molecule has 0 amide bonds. The van der Waals surface area contributed by atoms with Gasteiger partial charge in [-0.05, 0) is 53.4 Å². The van der Waals surface area contributed by atoms with Crippen LogP contribution in [0.5, 0.6) is 35.1 Å². The molecule has 0 bridgehead atoms. The van der Waals surface area contributed by atoms with Gasteiger partial charge in [-0.25, -0.2) is 50.5 Å². The Kier molecular flexibility index (Phi) is 32.4. The minimum absolute atomic E-state index is 0. The number of halogens is 7. The molecule has 0 saturated carbocycles. The standard InChI is InChI=1S/C13H11Cl3N2O4S.C8H14Br2O2.C7H9BrN2O.C7H11N3O3S.C7H10N2O.C6H9N3O4S.C4H5NO.ClH.H3N.H2O/c1-7-5-18-13(21-6-7)11(4-17-18)23(19,20)22-12-9(15)2-8(14)3-10(12)16;9-5-7(6-10)12-8-3-1-2-4-11-8;1-5-3-10-7(11-4-5)6(8)2-9-10;1-5-3-10-7(13-4-5)6(2-9-10)14(8,11)12;1-6-4-9-7(10-5-6)2-3-8-9;7-14(11,12)5-1-8-9-2-4(10)3-13-6(5)9;6-4-1-2-5-3-4;;;/h2-4,7H,5-6H2,1H3;7-8H,1-6H2;2,5H,3-4H2,1H3;2,5H,3-4H2,1H3,(H2,8,11,12);2-3,6H,4-5H2,1H3;1,4,10H,2-3H2,(H2,7,11,12);1-2,5H,3H2;1H;1H3;1H2. The van der Waals surface area contributed by atoms with Gasteiger partial charge in [0, 0.05) is 58.2 Å². The second-order valence-electron chi connectivity index (χ2n) is 21.3. The molecule has 5 aromatic heterocycles. The van der Waals surface area contributed by atoms with Crippen molar-refractivity contribution in [2.75, 3.05) is 56.8 Å². The van der Waals surface area contributed by atoms with E-state index in [1.54, 1.807) is 18.6 Å². The van der Waals surface area contributed by atoms with E-state index >= 15 is 0 Å². The fourth-order valence-electron chi connectivity index (χ4n) is 8.66. The van der Waals surface area contributed by atoms with Gasteiger partial charge in [-0.2, -0.15) is 33.9 Å². The molecule has 1 saturated heterocycles. The van der Waals surface area contributed by atoms with Gasteiger partial charge in [0.05, 0.1) is 117 Å². The van der Waals surface area contributed by atoms with Crippen LogP contribution in [0.25, 0.3) is 0 Å². The molecule has 11 N–H and O–H groups in total. The zero-order valence-corrected chi connectivity index (χ0v) is 60.9. The molecule has 93 heavy (non-hydrogen) atoms. The summed E-state index contributed by atoms with van der Waals surface area (Å²) in [6.45, 7) is 15.6. The first-order valence-corrected chi connectivity index (χ1v) is 36.5. The van der Waals surface area contributed by atoms with E-state index in [2.05, 4.69) is 92.4 Å². The predicted octanol–water partition coefficient (Wildman–Crippen LogP) is 6.19. The van der Waals surface area contributed by atoms with E-state index in [0.717, 1.165) is 72.4 Å². The highest BCUT2D eigenvalue weighted by Gasteiger charge is 2.33. The largest absolute Gasteiger partial charge is 0.477 e. The molecule has 31 nitrogen and oxygen atoms in total. The summed E-state index contributed by atoms with van der Waals surface area (Å²) in [5.74, 6) is 3.95. The van der Waals surface area contributed by atoms with Crippen LogP contribution in [0.1, 0.15) is 47.0 Å². The lowest BCUT2D eigenvalue weighted by Crippen LogP contribution is -2.30. The number of ketones is 1. The zero-order valence-electron chi connectivity index (χ0n) is 50.6. The Hall–Kier alpha value is -4.55. The van der Waals surface area contributed by atoms with Crippen LogP contribution < -0.4 is 49.6 Å². The van der Waals surface area contributed by atoms with Gasteiger partial charge in [0.1, 0.15) is 12.7 Å². The number of alkyl halides is 2. The van der Waals surface area contributed by atoms with Gasteiger partial charge in [-0.3, -0.25) is 4.79 Å². The summed E-state index contributed by atoms with van der Waals surface area (Å²) in [6.07, 6.45) is 13.3. The van der Waals surface area contributed by atoms with Crippen molar-refractivity contribution >= 4 is 131 Å². The molecule has 6 aromatic rings. The SMILES string of the molecule is BrCC(CBr)OC1CCCCO1.CC1COc2c(Br)cnn2C1.CC1COc2c(S(=O)(=O)Oc3c(Cl)cc(Cl)cc3Cl)cnn2C1.CC1COc2c(S(N)(=O)=O)cnn2C1.CC1COc2ccnn2C1.Cl.N.NS(=O)(=O)c1cnn2c1OCC(O)C2.O.O=C1C=CNC1. The van der Waals surface area contributed by atoms with Crippen molar-refractivity contribution in [2.45, 2.75) is 113 Å². The molecule has 7 aliphatic heterocycles. The van der Waals surface area contributed by atoms with Crippen molar-refractivity contribution in [3.05, 3.63) is 81.0 Å². The Morgan fingerprint density at radius 2 is 1.14 bits per heavy atom. The Balaban J connectivity index is 0.000000237. The number of hydrogen-bond donors (Lipinski definition) is 5. The average Bonchev–Trinajstić information content (AvgIpc) is 1.72. The maximum Gasteiger partial charge on any atom is 0.346 e. The molecule has 6 atom stereocenters. The summed E-state index contributed by atoms with van der Waals surface area (Å²) in [7, 11) is -11.7. The minimum Gasteiger partial charge on any atom is -0.477 e. The maximum absolute atomic E-state index is 12.5. The molecule has 1 aromatic carbocycles. The number of carbonyl (C=O) groups is 1. The summed E-state index contributed by atoms with van der Waals surface area (Å²) < 4.78 is 121. The number of aliphatic hydroxyl groups excluding tert-OH is 1. The smallest absolute Gasteiger partial charge is 0.346 e. The van der Waals surface area contributed by atoms with E-state index < -0.39 is 36.3 Å². The number of aliphatic hydroxyl groups is 1. The first kappa shape index (κ1) is 80.9. The van der Waals surface area contributed by atoms with Gasteiger partial charge in [0.25, 0.3) is 0 Å². The van der Waals surface area contributed by atoms with E-state index in [1.807, 2.05) is 29.3 Å². The third-order valence-corrected chi connectivity index (χ3v) is 18.8.